The molecule has 0 aromatic heterocycles. The molecule has 2 nitrogen and oxygen atoms in total. The maximum Gasteiger partial charge on any atom is 0.128 e. The van der Waals surface area contributed by atoms with Crippen LogP contribution in [-0.2, 0) is 6.54 Å². The summed E-state index contributed by atoms with van der Waals surface area (Å²) in [4.78, 5) is 4.84. The van der Waals surface area contributed by atoms with Crippen molar-refractivity contribution in [3.05, 3.63) is 102 Å². The molecular formula is C23H22N2. The fraction of sp³-hybridized carbons (Fsp3) is 0.130. The van der Waals surface area contributed by atoms with E-state index >= 15 is 0 Å². The highest BCUT2D eigenvalue weighted by molar-refractivity contribution is 5.78. The fourth-order valence-electron chi connectivity index (χ4n) is 3.64. The zero-order chi connectivity index (χ0) is 17.2. The molecule has 0 saturated carbocycles. The summed E-state index contributed by atoms with van der Waals surface area (Å²) in [7, 11) is 2.18. The molecule has 0 amide bonds. The Morgan fingerprint density at radius 3 is 2.16 bits per heavy atom. The molecule has 0 bridgehead atoms. The van der Waals surface area contributed by atoms with Crippen molar-refractivity contribution in [1.29, 1.82) is 0 Å². The molecule has 3 aromatic carbocycles. The number of anilines is 2. The standard InChI is InChI=1S/C23H22N2/c1-3-18-13-15-20(16-14-18)23-24(2)21-11-7-8-12-22(21)25(23)17-19-9-5-4-6-10-19/h3-16,23H,1,17H2,2H3. The average molecular weight is 326 g/mol. The largest absolute Gasteiger partial charge is 0.349 e. The van der Waals surface area contributed by atoms with Crippen molar-refractivity contribution in [3.8, 4) is 0 Å². The molecule has 1 aliphatic heterocycles. The lowest BCUT2D eigenvalue weighted by Crippen LogP contribution is -2.33. The number of fused-ring (bicyclic) bond motifs is 1. The zero-order valence-corrected chi connectivity index (χ0v) is 14.5. The van der Waals surface area contributed by atoms with Crippen molar-refractivity contribution >= 4 is 17.5 Å². The van der Waals surface area contributed by atoms with Crippen molar-refractivity contribution in [3.63, 3.8) is 0 Å². The molecule has 4 rings (SSSR count). The molecule has 1 heterocycles. The second-order valence-corrected chi connectivity index (χ2v) is 6.46. The summed E-state index contributed by atoms with van der Waals surface area (Å²) in [6, 6.07) is 28.0. The van der Waals surface area contributed by atoms with Crippen molar-refractivity contribution in [2.24, 2.45) is 0 Å². The monoisotopic (exact) mass is 326 g/mol. The summed E-state index contributed by atoms with van der Waals surface area (Å²) >= 11 is 0. The van der Waals surface area contributed by atoms with Gasteiger partial charge in [0.1, 0.15) is 6.17 Å². The average Bonchev–Trinajstić information content (AvgIpc) is 2.95. The highest BCUT2D eigenvalue weighted by Crippen LogP contribution is 2.45. The van der Waals surface area contributed by atoms with E-state index < -0.39 is 0 Å². The van der Waals surface area contributed by atoms with Crippen LogP contribution >= 0.6 is 0 Å². The van der Waals surface area contributed by atoms with E-state index in [0.29, 0.717) is 0 Å². The van der Waals surface area contributed by atoms with Crippen LogP contribution in [0.15, 0.2) is 85.4 Å². The third-order valence-electron chi connectivity index (χ3n) is 4.90. The van der Waals surface area contributed by atoms with Crippen LogP contribution in [0.5, 0.6) is 0 Å². The van der Waals surface area contributed by atoms with Gasteiger partial charge in [-0.3, -0.25) is 0 Å². The predicted octanol–water partition coefficient (Wildman–Crippen LogP) is 5.48. The molecular weight excluding hydrogens is 304 g/mol. The smallest absolute Gasteiger partial charge is 0.128 e. The van der Waals surface area contributed by atoms with Gasteiger partial charge in [0.2, 0.25) is 0 Å². The number of rotatable bonds is 4. The summed E-state index contributed by atoms with van der Waals surface area (Å²) < 4.78 is 0. The molecule has 1 unspecified atom stereocenters. The van der Waals surface area contributed by atoms with E-state index in [0.717, 1.165) is 12.1 Å². The second kappa shape index (κ2) is 6.48. The van der Waals surface area contributed by atoms with E-state index in [4.69, 9.17) is 0 Å². The first-order valence-corrected chi connectivity index (χ1v) is 8.63. The molecule has 0 aliphatic carbocycles. The van der Waals surface area contributed by atoms with Crippen LogP contribution < -0.4 is 9.80 Å². The number of nitrogens with zero attached hydrogens (tertiary/aromatic N) is 2. The molecule has 124 valence electrons. The van der Waals surface area contributed by atoms with E-state index in [2.05, 4.69) is 102 Å². The highest BCUT2D eigenvalue weighted by atomic mass is 15.4. The lowest BCUT2D eigenvalue weighted by molar-refractivity contribution is 0.642. The SMILES string of the molecule is C=Cc1ccc(C2N(C)c3ccccc3N2Cc2ccccc2)cc1. The fourth-order valence-corrected chi connectivity index (χ4v) is 3.64. The van der Waals surface area contributed by atoms with E-state index in [-0.39, 0.29) is 6.17 Å². The predicted molar refractivity (Wildman–Crippen MR) is 107 cm³/mol. The Morgan fingerprint density at radius 2 is 1.48 bits per heavy atom. The van der Waals surface area contributed by atoms with Gasteiger partial charge in [-0.1, -0.05) is 79.4 Å². The van der Waals surface area contributed by atoms with Crippen molar-refractivity contribution in [2.75, 3.05) is 16.8 Å². The summed E-state index contributed by atoms with van der Waals surface area (Å²) in [5, 5.41) is 0. The summed E-state index contributed by atoms with van der Waals surface area (Å²) in [6.07, 6.45) is 2.08. The maximum absolute atomic E-state index is 3.86. The lowest BCUT2D eigenvalue weighted by Gasteiger charge is -2.31. The van der Waals surface area contributed by atoms with Gasteiger partial charge in [0, 0.05) is 13.6 Å². The van der Waals surface area contributed by atoms with Crippen LogP contribution in [0, 0.1) is 0 Å². The Bertz CT molecular complexity index is 868. The molecule has 0 N–H and O–H groups in total. The van der Waals surface area contributed by atoms with Gasteiger partial charge in [-0.15, -0.1) is 0 Å². The number of hydrogen-bond donors (Lipinski definition) is 0. The van der Waals surface area contributed by atoms with Crippen LogP contribution in [0.2, 0.25) is 0 Å². The van der Waals surface area contributed by atoms with Gasteiger partial charge < -0.3 is 9.80 Å². The zero-order valence-electron chi connectivity index (χ0n) is 14.5. The summed E-state index contributed by atoms with van der Waals surface area (Å²) in [5.41, 5.74) is 6.32. The van der Waals surface area contributed by atoms with E-state index in [9.17, 15) is 0 Å². The van der Waals surface area contributed by atoms with Gasteiger partial charge in [-0.2, -0.15) is 0 Å². The third-order valence-corrected chi connectivity index (χ3v) is 4.90. The Balaban J connectivity index is 1.76. The van der Waals surface area contributed by atoms with Crippen LogP contribution in [-0.4, -0.2) is 7.05 Å². The Hall–Kier alpha value is -3.00. The first kappa shape index (κ1) is 15.5. The van der Waals surface area contributed by atoms with Crippen molar-refractivity contribution in [2.45, 2.75) is 12.7 Å². The minimum absolute atomic E-state index is 0.191. The van der Waals surface area contributed by atoms with Gasteiger partial charge in [0.05, 0.1) is 11.4 Å². The normalized spacial score (nSPS) is 16.0. The van der Waals surface area contributed by atoms with E-state index in [1.807, 2.05) is 6.08 Å². The molecule has 0 fully saturated rings. The molecule has 25 heavy (non-hydrogen) atoms. The van der Waals surface area contributed by atoms with E-state index in [1.54, 1.807) is 0 Å². The quantitative estimate of drug-likeness (QED) is 0.626. The molecule has 2 heteroatoms. The molecule has 0 spiro atoms. The topological polar surface area (TPSA) is 6.48 Å². The van der Waals surface area contributed by atoms with Crippen molar-refractivity contribution in [1.82, 2.24) is 0 Å². The first-order valence-electron chi connectivity index (χ1n) is 8.63. The second-order valence-electron chi connectivity index (χ2n) is 6.46. The molecule has 1 aliphatic rings. The van der Waals surface area contributed by atoms with Crippen LogP contribution in [0.1, 0.15) is 22.9 Å². The minimum atomic E-state index is 0.191. The van der Waals surface area contributed by atoms with E-state index in [1.165, 1.54) is 22.5 Å². The summed E-state index contributed by atoms with van der Waals surface area (Å²) in [6.45, 7) is 4.74. The Morgan fingerprint density at radius 1 is 0.840 bits per heavy atom. The van der Waals surface area contributed by atoms with Crippen LogP contribution in [0.25, 0.3) is 6.08 Å². The Labute approximate surface area is 149 Å². The molecule has 1 atom stereocenters. The van der Waals surface area contributed by atoms with Crippen LogP contribution in [0.3, 0.4) is 0 Å². The maximum atomic E-state index is 3.86. The summed E-state index contributed by atoms with van der Waals surface area (Å²) in [5.74, 6) is 0. The molecule has 0 radical (unpaired) electrons. The number of hydrogen-bond acceptors (Lipinski definition) is 2. The van der Waals surface area contributed by atoms with Crippen molar-refractivity contribution < 1.29 is 0 Å². The highest BCUT2D eigenvalue weighted by Gasteiger charge is 2.34. The number of para-hydroxylation sites is 2. The van der Waals surface area contributed by atoms with Gasteiger partial charge in [0.15, 0.2) is 0 Å². The molecule has 3 aromatic rings. The Kier molecular flexibility index (Phi) is 4.02. The van der Waals surface area contributed by atoms with Gasteiger partial charge in [-0.05, 0) is 28.8 Å². The van der Waals surface area contributed by atoms with Crippen LogP contribution in [0.4, 0.5) is 11.4 Å². The van der Waals surface area contributed by atoms with Gasteiger partial charge in [0.25, 0.3) is 0 Å². The lowest BCUT2D eigenvalue weighted by atomic mass is 10.1. The van der Waals surface area contributed by atoms with Gasteiger partial charge in [-0.25, -0.2) is 0 Å². The van der Waals surface area contributed by atoms with Gasteiger partial charge >= 0.3 is 0 Å². The molecule has 0 saturated heterocycles. The third kappa shape index (κ3) is 2.80. The first-order chi connectivity index (χ1) is 12.3. The minimum Gasteiger partial charge on any atom is -0.349 e. The number of benzene rings is 3.